The third kappa shape index (κ3) is 8.28. The quantitative estimate of drug-likeness (QED) is 0.337. The highest BCUT2D eigenvalue weighted by Gasteiger charge is 2.34. The number of aliphatic imine (C=N–C) groups is 1. The van der Waals surface area contributed by atoms with Crippen LogP contribution in [0.15, 0.2) is 4.99 Å². The first-order valence-electron chi connectivity index (χ1n) is 8.96. The molecule has 10 heteroatoms. The van der Waals surface area contributed by atoms with E-state index in [0.29, 0.717) is 32.1 Å². The van der Waals surface area contributed by atoms with Gasteiger partial charge in [0.1, 0.15) is 6.54 Å². The number of carbonyl (C=O) groups excluding carboxylic acids is 1. The van der Waals surface area contributed by atoms with E-state index in [2.05, 4.69) is 15.6 Å². The zero-order chi connectivity index (χ0) is 18.3. The van der Waals surface area contributed by atoms with Crippen molar-refractivity contribution >= 4 is 35.8 Å². The van der Waals surface area contributed by atoms with Crippen molar-refractivity contribution < 1.29 is 18.0 Å². The molecule has 2 aliphatic heterocycles. The third-order valence-electron chi connectivity index (χ3n) is 4.51. The Morgan fingerprint density at radius 1 is 1.19 bits per heavy atom. The molecule has 2 saturated heterocycles. The van der Waals surface area contributed by atoms with E-state index in [4.69, 9.17) is 0 Å². The minimum atomic E-state index is -4.14. The zero-order valence-corrected chi connectivity index (χ0v) is 17.5. The number of likely N-dealkylation sites (tertiary alicyclic amines) is 2. The number of nitrogens with zero attached hydrogens (tertiary/aromatic N) is 3. The van der Waals surface area contributed by atoms with Crippen molar-refractivity contribution in [1.29, 1.82) is 0 Å². The first-order valence-corrected chi connectivity index (χ1v) is 8.96. The predicted molar refractivity (Wildman–Crippen MR) is 106 cm³/mol. The van der Waals surface area contributed by atoms with Crippen LogP contribution < -0.4 is 10.6 Å². The summed E-state index contributed by atoms with van der Waals surface area (Å²) in [6.07, 6.45) is -1.32. The molecule has 1 atom stereocenters. The van der Waals surface area contributed by atoms with Crippen LogP contribution in [0.2, 0.25) is 0 Å². The maximum atomic E-state index is 12.4. The van der Waals surface area contributed by atoms with E-state index in [1.54, 1.807) is 0 Å². The van der Waals surface area contributed by atoms with Gasteiger partial charge >= 0.3 is 6.18 Å². The van der Waals surface area contributed by atoms with Gasteiger partial charge in [-0.25, -0.2) is 4.99 Å². The Hall–Kier alpha value is -0.780. The first kappa shape index (κ1) is 23.3. The molecule has 2 aliphatic rings. The summed E-state index contributed by atoms with van der Waals surface area (Å²) in [5, 5.41) is 6.23. The minimum Gasteiger partial charge on any atom is -0.357 e. The number of alkyl halides is 3. The molecule has 1 unspecified atom stereocenters. The van der Waals surface area contributed by atoms with E-state index in [9.17, 15) is 18.0 Å². The highest BCUT2D eigenvalue weighted by Crippen LogP contribution is 2.22. The highest BCUT2D eigenvalue weighted by atomic mass is 127. The Morgan fingerprint density at radius 3 is 2.50 bits per heavy atom. The third-order valence-corrected chi connectivity index (χ3v) is 4.51. The van der Waals surface area contributed by atoms with Gasteiger partial charge in [0.25, 0.3) is 0 Å². The molecule has 1 amide bonds. The zero-order valence-electron chi connectivity index (χ0n) is 15.1. The number of guanidine groups is 1. The molecule has 0 saturated carbocycles. The molecule has 0 aromatic carbocycles. The molecule has 2 fully saturated rings. The average Bonchev–Trinajstić information content (AvgIpc) is 3.20. The van der Waals surface area contributed by atoms with Crippen LogP contribution in [0.5, 0.6) is 0 Å². The molecule has 26 heavy (non-hydrogen) atoms. The number of hydrogen-bond acceptors (Lipinski definition) is 3. The Balaban J connectivity index is 0.00000338. The maximum absolute atomic E-state index is 12.4. The van der Waals surface area contributed by atoms with Crippen LogP contribution in [0.3, 0.4) is 0 Å². The number of carbonyl (C=O) groups is 1. The Labute approximate surface area is 170 Å². The van der Waals surface area contributed by atoms with Crippen molar-refractivity contribution in [2.24, 2.45) is 10.9 Å². The van der Waals surface area contributed by atoms with Gasteiger partial charge in [-0.1, -0.05) is 0 Å². The molecule has 0 aliphatic carbocycles. The van der Waals surface area contributed by atoms with Crippen molar-refractivity contribution in [3.05, 3.63) is 0 Å². The first-order chi connectivity index (χ1) is 11.9. The van der Waals surface area contributed by atoms with Gasteiger partial charge in [0.2, 0.25) is 5.91 Å². The van der Waals surface area contributed by atoms with E-state index in [1.807, 2.05) is 11.8 Å². The number of rotatable bonds is 6. The molecule has 2 N–H and O–H groups in total. The summed E-state index contributed by atoms with van der Waals surface area (Å²) in [6, 6.07) is 0. The van der Waals surface area contributed by atoms with Crippen molar-refractivity contribution in [1.82, 2.24) is 20.4 Å². The number of hydrogen-bond donors (Lipinski definition) is 2. The largest absolute Gasteiger partial charge is 0.401 e. The fourth-order valence-electron chi connectivity index (χ4n) is 3.27. The number of nitrogens with one attached hydrogen (secondary N) is 2. The molecule has 2 rings (SSSR count). The molecule has 0 aromatic heterocycles. The summed E-state index contributed by atoms with van der Waals surface area (Å²) in [7, 11) is 0. The van der Waals surface area contributed by atoms with Crippen LogP contribution in [-0.2, 0) is 4.79 Å². The molecule has 0 bridgehead atoms. The molecule has 6 nitrogen and oxygen atoms in total. The lowest BCUT2D eigenvalue weighted by atomic mass is 10.1. The second-order valence-electron chi connectivity index (χ2n) is 6.67. The standard InChI is InChI=1S/C16H28F3N5O.HI/c1-2-20-15(22-10-14(25)24-6-3-4-7-24)21-9-13-5-8-23(11-13)12-16(17,18)19;/h13H,2-12H2,1H3,(H2,20,21,22);1H. The second-order valence-corrected chi connectivity index (χ2v) is 6.67. The lowest BCUT2D eigenvalue weighted by Crippen LogP contribution is -2.41. The van der Waals surface area contributed by atoms with Gasteiger partial charge < -0.3 is 15.5 Å². The van der Waals surface area contributed by atoms with Crippen LogP contribution in [0.1, 0.15) is 26.2 Å². The van der Waals surface area contributed by atoms with Gasteiger partial charge in [-0.2, -0.15) is 13.2 Å². The van der Waals surface area contributed by atoms with Crippen LogP contribution in [0, 0.1) is 5.92 Å². The normalized spacial score (nSPS) is 21.6. The Kier molecular flexibility index (Phi) is 9.98. The number of amides is 1. The van der Waals surface area contributed by atoms with E-state index in [0.717, 1.165) is 32.4 Å². The number of halogens is 4. The van der Waals surface area contributed by atoms with Crippen molar-refractivity contribution in [3.63, 3.8) is 0 Å². The van der Waals surface area contributed by atoms with Gasteiger partial charge in [0, 0.05) is 32.7 Å². The molecular weight excluding hydrogens is 462 g/mol. The lowest BCUT2D eigenvalue weighted by Gasteiger charge is -2.19. The molecular formula is C16H29F3IN5O. The minimum absolute atomic E-state index is 0. The summed E-state index contributed by atoms with van der Waals surface area (Å²) in [5.74, 6) is 0.719. The summed E-state index contributed by atoms with van der Waals surface area (Å²) in [6.45, 7) is 4.89. The van der Waals surface area contributed by atoms with Crippen molar-refractivity contribution in [2.75, 3.05) is 52.4 Å². The topological polar surface area (TPSA) is 60.0 Å². The van der Waals surface area contributed by atoms with Gasteiger partial charge in [-0.05, 0) is 38.6 Å². The van der Waals surface area contributed by atoms with Gasteiger partial charge in [-0.3, -0.25) is 9.69 Å². The predicted octanol–water partition coefficient (Wildman–Crippen LogP) is 1.67. The molecule has 0 spiro atoms. The summed E-state index contributed by atoms with van der Waals surface area (Å²) >= 11 is 0. The van der Waals surface area contributed by atoms with Crippen molar-refractivity contribution in [3.8, 4) is 0 Å². The highest BCUT2D eigenvalue weighted by molar-refractivity contribution is 14.0. The summed E-state index contributed by atoms with van der Waals surface area (Å²) < 4.78 is 37.3. The van der Waals surface area contributed by atoms with Crippen LogP contribution in [-0.4, -0.2) is 80.2 Å². The van der Waals surface area contributed by atoms with Crippen LogP contribution in [0.4, 0.5) is 13.2 Å². The summed E-state index contributed by atoms with van der Waals surface area (Å²) in [5.41, 5.74) is 0. The van der Waals surface area contributed by atoms with E-state index in [1.165, 1.54) is 4.90 Å². The van der Waals surface area contributed by atoms with Crippen LogP contribution >= 0.6 is 24.0 Å². The SMILES string of the molecule is CCNC(=NCC(=O)N1CCCC1)NCC1CCN(CC(F)(F)F)C1.I. The lowest BCUT2D eigenvalue weighted by molar-refractivity contribution is -0.143. The fourth-order valence-corrected chi connectivity index (χ4v) is 3.27. The average molecular weight is 491 g/mol. The monoisotopic (exact) mass is 491 g/mol. The Bertz CT molecular complexity index is 469. The summed E-state index contributed by atoms with van der Waals surface area (Å²) in [4.78, 5) is 19.6. The van der Waals surface area contributed by atoms with Gasteiger partial charge in [0.05, 0.1) is 6.54 Å². The van der Waals surface area contributed by atoms with E-state index >= 15 is 0 Å². The maximum Gasteiger partial charge on any atom is 0.401 e. The van der Waals surface area contributed by atoms with Gasteiger partial charge in [-0.15, -0.1) is 24.0 Å². The van der Waals surface area contributed by atoms with Crippen molar-refractivity contribution in [2.45, 2.75) is 32.4 Å². The molecule has 152 valence electrons. The molecule has 0 radical (unpaired) electrons. The van der Waals surface area contributed by atoms with Gasteiger partial charge in [0.15, 0.2) is 5.96 Å². The van der Waals surface area contributed by atoms with Crippen LogP contribution in [0.25, 0.3) is 0 Å². The molecule has 0 aromatic rings. The fraction of sp³-hybridized carbons (Fsp3) is 0.875. The second kappa shape index (κ2) is 11.2. The Morgan fingerprint density at radius 2 is 1.88 bits per heavy atom. The smallest absolute Gasteiger partial charge is 0.357 e. The van der Waals surface area contributed by atoms with E-state index < -0.39 is 12.7 Å². The molecule has 2 heterocycles. The van der Waals surface area contributed by atoms with E-state index in [-0.39, 0.29) is 42.3 Å².